The molecule has 2 aromatic carbocycles. The maximum absolute atomic E-state index is 13.2. The van der Waals surface area contributed by atoms with Gasteiger partial charge in [-0.2, -0.15) is 0 Å². The summed E-state index contributed by atoms with van der Waals surface area (Å²) in [6.45, 7) is 7.86. The summed E-state index contributed by atoms with van der Waals surface area (Å²) in [7, 11) is -3.30. The van der Waals surface area contributed by atoms with Crippen molar-refractivity contribution in [3.8, 4) is 5.75 Å². The van der Waals surface area contributed by atoms with Crippen molar-refractivity contribution in [1.29, 1.82) is 0 Å². The van der Waals surface area contributed by atoms with Crippen LogP contribution in [0, 0.1) is 6.92 Å². The van der Waals surface area contributed by atoms with Crippen molar-refractivity contribution < 1.29 is 9.09 Å². The third-order valence-corrected chi connectivity index (χ3v) is 4.77. The summed E-state index contributed by atoms with van der Waals surface area (Å²) in [4.78, 5) is 0. The zero-order valence-electron chi connectivity index (χ0n) is 13.5. The van der Waals surface area contributed by atoms with Crippen molar-refractivity contribution >= 4 is 13.4 Å². The topological polar surface area (TPSA) is 50.4 Å². The Kier molecular flexibility index (Phi) is 4.94. The van der Waals surface area contributed by atoms with Crippen LogP contribution in [0.5, 0.6) is 5.75 Å². The lowest BCUT2D eigenvalue weighted by atomic mass is 10.1. The van der Waals surface area contributed by atoms with Gasteiger partial charge in [0.2, 0.25) is 0 Å². The van der Waals surface area contributed by atoms with Crippen molar-refractivity contribution in [2.45, 2.75) is 33.2 Å². The molecule has 0 saturated heterocycles. The number of hydrogen-bond donors (Lipinski definition) is 2. The molecule has 0 bridgehead atoms. The Labute approximate surface area is 132 Å². The minimum Gasteiger partial charge on any atom is -0.418 e. The minimum atomic E-state index is -3.30. The molecule has 0 aliphatic heterocycles. The smallest absolute Gasteiger partial charge is 0.417 e. The second-order valence-corrected chi connectivity index (χ2v) is 8.03. The second-order valence-electron chi connectivity index (χ2n) is 6.30. The largest absolute Gasteiger partial charge is 0.418 e. The van der Waals surface area contributed by atoms with Crippen LogP contribution < -0.4 is 14.7 Å². The first-order valence-corrected chi connectivity index (χ1v) is 8.87. The Morgan fingerprint density at radius 3 is 2.09 bits per heavy atom. The molecule has 4 nitrogen and oxygen atoms in total. The molecule has 1 atom stereocenters. The number of aryl methyl sites for hydroxylation is 1. The summed E-state index contributed by atoms with van der Waals surface area (Å²) in [5, 5.41) is 6.08. The number of anilines is 1. The molecule has 118 valence electrons. The number of para-hydroxylation sites is 1. The Balaban J connectivity index is 2.25. The molecule has 0 aromatic heterocycles. The highest BCUT2D eigenvalue weighted by atomic mass is 31.2. The van der Waals surface area contributed by atoms with Gasteiger partial charge in [-0.05, 0) is 52.0 Å². The predicted octanol–water partition coefficient (Wildman–Crippen LogP) is 4.98. The van der Waals surface area contributed by atoms with Crippen molar-refractivity contribution in [3.05, 3.63) is 60.2 Å². The Morgan fingerprint density at radius 2 is 1.55 bits per heavy atom. The van der Waals surface area contributed by atoms with Gasteiger partial charge in [0.1, 0.15) is 5.75 Å². The third kappa shape index (κ3) is 5.21. The molecule has 0 spiro atoms. The highest BCUT2D eigenvalue weighted by Gasteiger charge is 2.30. The van der Waals surface area contributed by atoms with Crippen LogP contribution >= 0.6 is 7.67 Å². The SMILES string of the molecule is Cc1ccc(N[P@@](=O)(NC(C)(C)C)Oc2ccccc2)cc1. The lowest BCUT2D eigenvalue weighted by molar-refractivity contribution is 0.429. The lowest BCUT2D eigenvalue weighted by Crippen LogP contribution is -2.36. The van der Waals surface area contributed by atoms with Crippen molar-refractivity contribution in [2.75, 3.05) is 5.09 Å². The van der Waals surface area contributed by atoms with Gasteiger partial charge in [-0.25, -0.2) is 9.65 Å². The van der Waals surface area contributed by atoms with Crippen LogP contribution in [0.1, 0.15) is 26.3 Å². The molecule has 0 fully saturated rings. The lowest BCUT2D eigenvalue weighted by Gasteiger charge is -2.29. The van der Waals surface area contributed by atoms with E-state index in [0.29, 0.717) is 5.75 Å². The quantitative estimate of drug-likeness (QED) is 0.763. The van der Waals surface area contributed by atoms with E-state index in [-0.39, 0.29) is 5.54 Å². The molecular weight excluding hydrogens is 295 g/mol. The summed E-state index contributed by atoms with van der Waals surface area (Å²) < 4.78 is 19.0. The first-order valence-electron chi connectivity index (χ1n) is 7.25. The van der Waals surface area contributed by atoms with E-state index >= 15 is 0 Å². The zero-order valence-corrected chi connectivity index (χ0v) is 14.4. The monoisotopic (exact) mass is 318 g/mol. The third-order valence-electron chi connectivity index (χ3n) is 2.79. The predicted molar refractivity (Wildman–Crippen MR) is 92.4 cm³/mol. The van der Waals surface area contributed by atoms with E-state index < -0.39 is 7.67 Å². The standard InChI is InChI=1S/C17H23N2O2P/c1-14-10-12-15(13-11-14)18-22(20,19-17(2,3)4)21-16-8-6-5-7-9-16/h5-13H,1-4H3,(H2,18,19,20)/t22-/m0/s1. The Morgan fingerprint density at radius 1 is 0.955 bits per heavy atom. The molecule has 22 heavy (non-hydrogen) atoms. The fraction of sp³-hybridized carbons (Fsp3) is 0.294. The van der Waals surface area contributed by atoms with Gasteiger partial charge < -0.3 is 4.52 Å². The molecule has 2 aromatic rings. The molecule has 0 saturated carbocycles. The van der Waals surface area contributed by atoms with Gasteiger partial charge >= 0.3 is 7.67 Å². The number of benzene rings is 2. The number of nitrogens with one attached hydrogen (secondary N) is 2. The summed E-state index contributed by atoms with van der Waals surface area (Å²) in [5.41, 5.74) is 1.54. The molecule has 0 amide bonds. The normalized spacial score (nSPS) is 14.2. The minimum absolute atomic E-state index is 0.359. The average molecular weight is 318 g/mol. The molecule has 0 unspecified atom stereocenters. The maximum atomic E-state index is 13.2. The fourth-order valence-electron chi connectivity index (χ4n) is 1.94. The summed E-state index contributed by atoms with van der Waals surface area (Å²) >= 11 is 0. The number of rotatable bonds is 5. The Hall–Kier alpha value is -1.77. The van der Waals surface area contributed by atoms with E-state index in [1.165, 1.54) is 0 Å². The van der Waals surface area contributed by atoms with Crippen LogP contribution in [0.25, 0.3) is 0 Å². The van der Waals surface area contributed by atoms with Crippen molar-refractivity contribution in [1.82, 2.24) is 5.09 Å². The van der Waals surface area contributed by atoms with Crippen LogP contribution in [0.15, 0.2) is 54.6 Å². The first kappa shape index (κ1) is 16.6. The van der Waals surface area contributed by atoms with Crippen LogP contribution in [0.2, 0.25) is 0 Å². The van der Waals surface area contributed by atoms with E-state index in [1.807, 2.05) is 70.2 Å². The van der Waals surface area contributed by atoms with Crippen LogP contribution in [0.4, 0.5) is 5.69 Å². The summed E-state index contributed by atoms with van der Waals surface area (Å²) in [6, 6.07) is 16.9. The van der Waals surface area contributed by atoms with Gasteiger partial charge in [-0.15, -0.1) is 0 Å². The molecule has 0 aliphatic carbocycles. The summed E-state index contributed by atoms with van der Waals surface area (Å²) in [6.07, 6.45) is 0. The molecular formula is C17H23N2O2P. The fourth-order valence-corrected chi connectivity index (χ4v) is 3.88. The molecule has 5 heteroatoms. The van der Waals surface area contributed by atoms with E-state index in [1.54, 1.807) is 12.1 Å². The van der Waals surface area contributed by atoms with E-state index in [2.05, 4.69) is 10.2 Å². The highest BCUT2D eigenvalue weighted by molar-refractivity contribution is 7.58. The molecule has 0 radical (unpaired) electrons. The van der Waals surface area contributed by atoms with Crippen LogP contribution in [-0.4, -0.2) is 5.54 Å². The second kappa shape index (κ2) is 6.55. The summed E-state index contributed by atoms with van der Waals surface area (Å²) in [5.74, 6) is 0.558. The van der Waals surface area contributed by atoms with Gasteiger partial charge in [0.05, 0.1) is 0 Å². The molecule has 2 rings (SSSR count). The van der Waals surface area contributed by atoms with Crippen LogP contribution in [-0.2, 0) is 4.57 Å². The Bertz CT molecular complexity index is 649. The average Bonchev–Trinajstić information content (AvgIpc) is 2.40. The van der Waals surface area contributed by atoms with E-state index in [0.717, 1.165) is 11.3 Å². The van der Waals surface area contributed by atoms with Crippen molar-refractivity contribution in [2.24, 2.45) is 0 Å². The van der Waals surface area contributed by atoms with E-state index in [4.69, 9.17) is 4.52 Å². The van der Waals surface area contributed by atoms with Gasteiger partial charge in [-0.3, -0.25) is 5.09 Å². The van der Waals surface area contributed by atoms with Gasteiger partial charge in [-0.1, -0.05) is 35.9 Å². The maximum Gasteiger partial charge on any atom is 0.417 e. The van der Waals surface area contributed by atoms with Crippen molar-refractivity contribution in [3.63, 3.8) is 0 Å². The number of hydrogen-bond acceptors (Lipinski definition) is 2. The van der Waals surface area contributed by atoms with Gasteiger partial charge in [0.15, 0.2) is 0 Å². The highest BCUT2D eigenvalue weighted by Crippen LogP contribution is 2.44. The van der Waals surface area contributed by atoms with E-state index in [9.17, 15) is 4.57 Å². The van der Waals surface area contributed by atoms with Gasteiger partial charge in [0, 0.05) is 11.2 Å². The molecule has 0 aliphatic rings. The molecule has 0 heterocycles. The van der Waals surface area contributed by atoms with Crippen LogP contribution in [0.3, 0.4) is 0 Å². The van der Waals surface area contributed by atoms with Gasteiger partial charge in [0.25, 0.3) is 0 Å². The zero-order chi connectivity index (χ0) is 16.2. The first-order chi connectivity index (χ1) is 10.3. The molecule has 2 N–H and O–H groups in total.